The second kappa shape index (κ2) is 6.46. The van der Waals surface area contributed by atoms with Gasteiger partial charge in [0, 0.05) is 26.1 Å². The molecule has 1 fully saturated rings. The lowest BCUT2D eigenvalue weighted by Gasteiger charge is -2.31. The zero-order valence-corrected chi connectivity index (χ0v) is 12.3. The van der Waals surface area contributed by atoms with Crippen LogP contribution >= 0.6 is 11.6 Å². The molecule has 1 aromatic rings. The molecule has 5 heteroatoms. The zero-order valence-electron chi connectivity index (χ0n) is 11.6. The molecular formula is C15H20ClN3O. The number of hydrogen-bond donors (Lipinski definition) is 1. The average Bonchev–Trinajstić information content (AvgIpc) is 2.51. The van der Waals surface area contributed by atoms with Gasteiger partial charge in [0.05, 0.1) is 29.6 Å². The van der Waals surface area contributed by atoms with Gasteiger partial charge >= 0.3 is 0 Å². The first-order chi connectivity index (χ1) is 9.84. The Morgan fingerprint density at radius 1 is 1.20 bits per heavy atom. The van der Waals surface area contributed by atoms with Crippen LogP contribution in [0.1, 0.15) is 19.3 Å². The van der Waals surface area contributed by atoms with Crippen molar-refractivity contribution in [1.82, 2.24) is 0 Å². The summed E-state index contributed by atoms with van der Waals surface area (Å²) in [5, 5.41) is 4.20. The van der Waals surface area contributed by atoms with Crippen LogP contribution in [0.15, 0.2) is 23.2 Å². The molecule has 0 amide bonds. The van der Waals surface area contributed by atoms with E-state index in [1.807, 2.05) is 12.1 Å². The lowest BCUT2D eigenvalue weighted by molar-refractivity contribution is 0.123. The molecule has 4 nitrogen and oxygen atoms in total. The van der Waals surface area contributed by atoms with Crippen LogP contribution in [0.3, 0.4) is 0 Å². The molecule has 20 heavy (non-hydrogen) atoms. The Labute approximate surface area is 124 Å². The number of anilines is 2. The van der Waals surface area contributed by atoms with Crippen LogP contribution in [0, 0.1) is 0 Å². The Morgan fingerprint density at radius 3 is 2.80 bits per heavy atom. The summed E-state index contributed by atoms with van der Waals surface area (Å²) in [5.74, 6) is 1.05. The molecule has 0 unspecified atom stereocenters. The predicted molar refractivity (Wildman–Crippen MR) is 84.3 cm³/mol. The number of rotatable bonds is 2. The summed E-state index contributed by atoms with van der Waals surface area (Å²) in [5.41, 5.74) is 2.13. The molecule has 1 N–H and O–H groups in total. The van der Waals surface area contributed by atoms with Gasteiger partial charge in [-0.1, -0.05) is 17.7 Å². The predicted octanol–water partition coefficient (Wildman–Crippen LogP) is 3.17. The quantitative estimate of drug-likeness (QED) is 0.910. The SMILES string of the molecule is Clc1cccc(N2CCOCC2)c1NC1=NCCCC1. The van der Waals surface area contributed by atoms with Gasteiger partial charge in [0.2, 0.25) is 0 Å². The zero-order chi connectivity index (χ0) is 13.8. The standard InChI is InChI=1S/C15H20ClN3O/c16-12-4-3-5-13(19-8-10-20-11-9-19)15(12)18-14-6-1-2-7-17-14/h3-5H,1-2,6-11H2,(H,17,18). The highest BCUT2D eigenvalue weighted by atomic mass is 35.5. The lowest BCUT2D eigenvalue weighted by Crippen LogP contribution is -2.36. The Hall–Kier alpha value is -1.26. The first kappa shape index (κ1) is 13.7. The molecule has 0 spiro atoms. The van der Waals surface area contributed by atoms with Crippen molar-refractivity contribution >= 4 is 28.8 Å². The van der Waals surface area contributed by atoms with Crippen molar-refractivity contribution in [1.29, 1.82) is 0 Å². The largest absolute Gasteiger partial charge is 0.378 e. The summed E-state index contributed by atoms with van der Waals surface area (Å²) < 4.78 is 5.42. The number of nitrogens with one attached hydrogen (secondary N) is 1. The van der Waals surface area contributed by atoms with E-state index >= 15 is 0 Å². The summed E-state index contributed by atoms with van der Waals surface area (Å²) in [6.45, 7) is 4.27. The van der Waals surface area contributed by atoms with Crippen molar-refractivity contribution in [3.63, 3.8) is 0 Å². The van der Waals surface area contributed by atoms with Crippen LogP contribution < -0.4 is 10.2 Å². The number of hydrogen-bond acceptors (Lipinski definition) is 4. The molecule has 0 aromatic heterocycles. The van der Waals surface area contributed by atoms with Crippen molar-refractivity contribution in [2.45, 2.75) is 19.3 Å². The molecule has 2 heterocycles. The van der Waals surface area contributed by atoms with E-state index in [0.29, 0.717) is 0 Å². The summed E-state index contributed by atoms with van der Waals surface area (Å²) in [7, 11) is 0. The topological polar surface area (TPSA) is 36.9 Å². The average molecular weight is 294 g/mol. The fourth-order valence-electron chi connectivity index (χ4n) is 2.65. The maximum atomic E-state index is 6.39. The second-order valence-corrected chi connectivity index (χ2v) is 5.55. The van der Waals surface area contributed by atoms with Crippen LogP contribution in [0.5, 0.6) is 0 Å². The molecular weight excluding hydrogens is 274 g/mol. The van der Waals surface area contributed by atoms with Crippen molar-refractivity contribution in [2.75, 3.05) is 43.1 Å². The van der Waals surface area contributed by atoms with Crippen molar-refractivity contribution < 1.29 is 4.74 Å². The molecule has 2 aliphatic rings. The van der Waals surface area contributed by atoms with Gasteiger partial charge in [-0.25, -0.2) is 0 Å². The van der Waals surface area contributed by atoms with Gasteiger partial charge < -0.3 is 15.0 Å². The number of nitrogens with zero attached hydrogens (tertiary/aromatic N) is 2. The van der Waals surface area contributed by atoms with Crippen molar-refractivity contribution in [3.05, 3.63) is 23.2 Å². The van der Waals surface area contributed by atoms with E-state index in [9.17, 15) is 0 Å². The van der Waals surface area contributed by atoms with E-state index in [0.717, 1.165) is 61.5 Å². The van der Waals surface area contributed by atoms with Crippen LogP contribution in [-0.2, 0) is 4.74 Å². The molecule has 0 bridgehead atoms. The summed E-state index contributed by atoms with van der Waals surface area (Å²) in [4.78, 5) is 6.88. The third kappa shape index (κ3) is 3.07. The molecule has 0 atom stereocenters. The van der Waals surface area contributed by atoms with E-state index in [1.54, 1.807) is 0 Å². The van der Waals surface area contributed by atoms with Gasteiger partial charge in [-0.2, -0.15) is 0 Å². The molecule has 1 saturated heterocycles. The highest BCUT2D eigenvalue weighted by Crippen LogP contribution is 2.34. The van der Waals surface area contributed by atoms with Gasteiger partial charge in [0.25, 0.3) is 0 Å². The maximum Gasteiger partial charge on any atom is 0.101 e. The lowest BCUT2D eigenvalue weighted by atomic mass is 10.1. The summed E-state index contributed by atoms with van der Waals surface area (Å²) >= 11 is 6.39. The molecule has 3 rings (SSSR count). The smallest absolute Gasteiger partial charge is 0.101 e. The van der Waals surface area contributed by atoms with Crippen LogP contribution in [0.2, 0.25) is 5.02 Å². The maximum absolute atomic E-state index is 6.39. The molecule has 108 valence electrons. The van der Waals surface area contributed by atoms with E-state index in [-0.39, 0.29) is 0 Å². The van der Waals surface area contributed by atoms with Crippen LogP contribution in [-0.4, -0.2) is 38.7 Å². The number of aliphatic imine (C=N–C) groups is 1. The minimum atomic E-state index is 0.752. The molecule has 1 aromatic carbocycles. The van der Waals surface area contributed by atoms with Gasteiger partial charge in [-0.3, -0.25) is 4.99 Å². The van der Waals surface area contributed by atoms with E-state index in [4.69, 9.17) is 16.3 Å². The van der Waals surface area contributed by atoms with Crippen molar-refractivity contribution in [2.24, 2.45) is 4.99 Å². The number of para-hydroxylation sites is 1. The molecule has 0 aliphatic carbocycles. The summed E-state index contributed by atoms with van der Waals surface area (Å²) in [6, 6.07) is 6.04. The Kier molecular flexibility index (Phi) is 4.43. The Balaban J connectivity index is 1.85. The van der Waals surface area contributed by atoms with Crippen molar-refractivity contribution in [3.8, 4) is 0 Å². The molecule has 2 aliphatic heterocycles. The van der Waals surface area contributed by atoms with Crippen LogP contribution in [0.25, 0.3) is 0 Å². The normalized spacial score (nSPS) is 19.6. The second-order valence-electron chi connectivity index (χ2n) is 5.14. The number of amidine groups is 1. The van der Waals surface area contributed by atoms with Gasteiger partial charge in [0.15, 0.2) is 0 Å². The minimum absolute atomic E-state index is 0.752. The number of morpholine rings is 1. The number of benzene rings is 1. The van der Waals surface area contributed by atoms with Gasteiger partial charge in [-0.15, -0.1) is 0 Å². The number of ether oxygens (including phenoxy) is 1. The molecule has 0 radical (unpaired) electrons. The first-order valence-corrected chi connectivity index (χ1v) is 7.64. The highest BCUT2D eigenvalue weighted by molar-refractivity contribution is 6.34. The van der Waals surface area contributed by atoms with E-state index < -0.39 is 0 Å². The molecule has 0 saturated carbocycles. The summed E-state index contributed by atoms with van der Waals surface area (Å²) in [6.07, 6.45) is 3.39. The highest BCUT2D eigenvalue weighted by Gasteiger charge is 2.18. The fraction of sp³-hybridized carbons (Fsp3) is 0.533. The first-order valence-electron chi connectivity index (χ1n) is 7.26. The van der Waals surface area contributed by atoms with E-state index in [1.165, 1.54) is 12.8 Å². The fourth-order valence-corrected chi connectivity index (χ4v) is 2.86. The Bertz CT molecular complexity index is 498. The monoisotopic (exact) mass is 293 g/mol. The Morgan fingerprint density at radius 2 is 2.05 bits per heavy atom. The van der Waals surface area contributed by atoms with Gasteiger partial charge in [0.1, 0.15) is 5.84 Å². The minimum Gasteiger partial charge on any atom is -0.378 e. The third-order valence-electron chi connectivity index (χ3n) is 3.74. The van der Waals surface area contributed by atoms with Crippen LogP contribution in [0.4, 0.5) is 11.4 Å². The van der Waals surface area contributed by atoms with Gasteiger partial charge in [-0.05, 0) is 25.0 Å². The third-order valence-corrected chi connectivity index (χ3v) is 4.05. The van der Waals surface area contributed by atoms with E-state index in [2.05, 4.69) is 21.3 Å². The number of halogens is 1.